The van der Waals surface area contributed by atoms with Crippen LogP contribution in [-0.4, -0.2) is 38.9 Å². The van der Waals surface area contributed by atoms with Crippen LogP contribution < -0.4 is 4.74 Å². The van der Waals surface area contributed by atoms with Crippen LogP contribution in [0.4, 0.5) is 0 Å². The van der Waals surface area contributed by atoms with Crippen molar-refractivity contribution >= 4 is 46.3 Å². The highest BCUT2D eigenvalue weighted by molar-refractivity contribution is 8.26. The van der Waals surface area contributed by atoms with Gasteiger partial charge in [-0.1, -0.05) is 42.2 Å². The summed E-state index contributed by atoms with van der Waals surface area (Å²) in [5.41, 5.74) is 1.84. The molecule has 5 nitrogen and oxygen atoms in total. The molecule has 24 heavy (non-hydrogen) atoms. The second kappa shape index (κ2) is 6.78. The predicted octanol–water partition coefficient (Wildman–Crippen LogP) is 3.07. The average Bonchev–Trinajstić information content (AvgIpc) is 2.80. The van der Waals surface area contributed by atoms with Crippen molar-refractivity contribution in [1.29, 1.82) is 0 Å². The molecule has 0 unspecified atom stereocenters. The second-order valence-corrected chi connectivity index (χ2v) is 7.10. The molecule has 1 N–H and O–H groups in total. The number of carboxylic acid groups (broad SMARTS) is 1. The maximum Gasteiger partial charge on any atom is 0.305 e. The molecule has 1 fully saturated rings. The van der Waals surface area contributed by atoms with Crippen molar-refractivity contribution in [3.63, 3.8) is 0 Å². The number of hydrogen-bond acceptors (Lipinski definition) is 5. The van der Waals surface area contributed by atoms with Gasteiger partial charge in [0.2, 0.25) is 0 Å². The molecule has 1 amide bonds. The fourth-order valence-electron chi connectivity index (χ4n) is 2.47. The highest BCUT2D eigenvalue weighted by atomic mass is 32.2. The number of ether oxygens (including phenoxy) is 1. The summed E-state index contributed by atoms with van der Waals surface area (Å²) in [4.78, 5) is 25.0. The van der Waals surface area contributed by atoms with E-state index < -0.39 is 5.97 Å². The third kappa shape index (κ3) is 3.37. The van der Waals surface area contributed by atoms with Crippen molar-refractivity contribution in [3.8, 4) is 5.75 Å². The van der Waals surface area contributed by atoms with Crippen molar-refractivity contribution in [2.75, 3.05) is 6.54 Å². The van der Waals surface area contributed by atoms with Gasteiger partial charge in [-0.15, -0.1) is 0 Å². The van der Waals surface area contributed by atoms with E-state index in [4.69, 9.17) is 22.1 Å². The second-order valence-electron chi connectivity index (χ2n) is 5.42. The summed E-state index contributed by atoms with van der Waals surface area (Å²) in [5.74, 6) is -0.393. The average molecular weight is 361 g/mol. The van der Waals surface area contributed by atoms with Gasteiger partial charge in [-0.3, -0.25) is 14.5 Å². The molecule has 1 atom stereocenters. The first kappa shape index (κ1) is 16.7. The summed E-state index contributed by atoms with van der Waals surface area (Å²) in [6.07, 6.45) is 3.46. The third-order valence-electron chi connectivity index (χ3n) is 3.73. The SMILES string of the molecule is C[C@@H]1Oc2ccccc2C=C1/C=C1/SC(=S)N(CCC(=O)O)C1=O. The summed E-state index contributed by atoms with van der Waals surface area (Å²) >= 11 is 6.38. The first-order chi connectivity index (χ1) is 11.5. The van der Waals surface area contributed by atoms with Gasteiger partial charge in [-0.2, -0.15) is 0 Å². The van der Waals surface area contributed by atoms with Crippen LogP contribution in [0.2, 0.25) is 0 Å². The zero-order chi connectivity index (χ0) is 17.3. The van der Waals surface area contributed by atoms with Crippen LogP contribution in [0, 0.1) is 0 Å². The summed E-state index contributed by atoms with van der Waals surface area (Å²) in [6.45, 7) is 2.01. The number of amides is 1. The highest BCUT2D eigenvalue weighted by Crippen LogP contribution is 2.35. The van der Waals surface area contributed by atoms with Gasteiger partial charge in [0, 0.05) is 12.1 Å². The van der Waals surface area contributed by atoms with Crippen molar-refractivity contribution in [2.24, 2.45) is 0 Å². The fraction of sp³-hybridized carbons (Fsp3) is 0.235. The number of thioether (sulfide) groups is 1. The lowest BCUT2D eigenvalue weighted by atomic mass is 10.0. The van der Waals surface area contributed by atoms with Gasteiger partial charge in [0.05, 0.1) is 11.3 Å². The standard InChI is InChI=1S/C17H15NO4S2/c1-10-12(8-11-4-2-3-5-13(11)22-10)9-14-16(21)18(17(23)24-14)7-6-15(19)20/h2-5,8-10H,6-7H2,1H3,(H,19,20)/b14-9+/t10-/m0/s1. The normalized spacial score (nSPS) is 21.5. The lowest BCUT2D eigenvalue weighted by Gasteiger charge is -2.23. The molecule has 0 radical (unpaired) electrons. The van der Waals surface area contributed by atoms with Gasteiger partial charge in [0.15, 0.2) is 0 Å². The lowest BCUT2D eigenvalue weighted by Crippen LogP contribution is -2.30. The molecule has 0 saturated carbocycles. The molecular weight excluding hydrogens is 346 g/mol. The molecule has 7 heteroatoms. The van der Waals surface area contributed by atoms with E-state index in [1.165, 1.54) is 16.7 Å². The lowest BCUT2D eigenvalue weighted by molar-refractivity contribution is -0.137. The number of fused-ring (bicyclic) bond motifs is 1. The quantitative estimate of drug-likeness (QED) is 0.657. The first-order valence-electron chi connectivity index (χ1n) is 7.40. The van der Waals surface area contributed by atoms with Gasteiger partial charge < -0.3 is 9.84 Å². The number of carboxylic acids is 1. The van der Waals surface area contributed by atoms with Crippen molar-refractivity contribution in [1.82, 2.24) is 4.90 Å². The molecule has 0 bridgehead atoms. The number of carbonyl (C=O) groups is 2. The highest BCUT2D eigenvalue weighted by Gasteiger charge is 2.33. The van der Waals surface area contributed by atoms with Crippen LogP contribution in [0.3, 0.4) is 0 Å². The Morgan fingerprint density at radius 3 is 2.96 bits per heavy atom. The van der Waals surface area contributed by atoms with Crippen LogP contribution >= 0.6 is 24.0 Å². The minimum Gasteiger partial charge on any atom is -0.485 e. The van der Waals surface area contributed by atoms with E-state index in [0.717, 1.165) is 16.9 Å². The van der Waals surface area contributed by atoms with E-state index in [2.05, 4.69) is 0 Å². The predicted molar refractivity (Wildman–Crippen MR) is 96.7 cm³/mol. The van der Waals surface area contributed by atoms with Crippen LogP contribution in [0.25, 0.3) is 6.08 Å². The van der Waals surface area contributed by atoms with Crippen molar-refractivity contribution < 1.29 is 19.4 Å². The molecule has 1 aromatic carbocycles. The molecule has 2 aliphatic heterocycles. The van der Waals surface area contributed by atoms with Gasteiger partial charge in [-0.25, -0.2) is 0 Å². The van der Waals surface area contributed by atoms with Crippen LogP contribution in [0.5, 0.6) is 5.75 Å². The van der Waals surface area contributed by atoms with E-state index in [1.54, 1.807) is 6.08 Å². The Labute approximate surface area is 149 Å². The molecule has 2 heterocycles. The van der Waals surface area contributed by atoms with Gasteiger partial charge >= 0.3 is 5.97 Å². The Hall–Kier alpha value is -2.12. The minimum absolute atomic E-state index is 0.0886. The molecular formula is C17H15NO4S2. The number of thiocarbonyl (C=S) groups is 1. The van der Waals surface area contributed by atoms with Gasteiger partial charge in [0.25, 0.3) is 5.91 Å². The Morgan fingerprint density at radius 2 is 2.21 bits per heavy atom. The number of carbonyl (C=O) groups excluding carboxylic acids is 1. The first-order valence-corrected chi connectivity index (χ1v) is 8.62. The number of aliphatic carboxylic acids is 1. The molecule has 3 rings (SSSR count). The summed E-state index contributed by atoms with van der Waals surface area (Å²) in [5, 5.41) is 8.77. The Bertz CT molecular complexity index is 785. The van der Waals surface area contributed by atoms with E-state index >= 15 is 0 Å². The van der Waals surface area contributed by atoms with Crippen molar-refractivity contribution in [2.45, 2.75) is 19.4 Å². The number of rotatable bonds is 4. The largest absolute Gasteiger partial charge is 0.485 e. The Balaban J connectivity index is 1.84. The molecule has 1 aromatic rings. The summed E-state index contributed by atoms with van der Waals surface area (Å²) in [6, 6.07) is 7.70. The van der Waals surface area contributed by atoms with Crippen LogP contribution in [0.1, 0.15) is 18.9 Å². The molecule has 0 spiro atoms. The maximum atomic E-state index is 12.4. The molecule has 1 saturated heterocycles. The summed E-state index contributed by atoms with van der Waals surface area (Å²) < 4.78 is 6.25. The minimum atomic E-state index is -0.957. The van der Waals surface area contributed by atoms with E-state index in [0.29, 0.717) is 9.23 Å². The van der Waals surface area contributed by atoms with Crippen LogP contribution in [0.15, 0.2) is 40.8 Å². The van der Waals surface area contributed by atoms with E-state index in [-0.39, 0.29) is 25.0 Å². The zero-order valence-corrected chi connectivity index (χ0v) is 14.5. The maximum absolute atomic E-state index is 12.4. The Kier molecular flexibility index (Phi) is 4.73. The zero-order valence-electron chi connectivity index (χ0n) is 12.9. The van der Waals surface area contributed by atoms with Gasteiger partial charge in [-0.05, 0) is 30.7 Å². The fourth-order valence-corrected chi connectivity index (χ4v) is 3.78. The monoisotopic (exact) mass is 361 g/mol. The third-order valence-corrected chi connectivity index (χ3v) is 5.11. The number of hydrogen-bond donors (Lipinski definition) is 1. The molecule has 0 aliphatic carbocycles. The smallest absolute Gasteiger partial charge is 0.305 e. The van der Waals surface area contributed by atoms with E-state index in [9.17, 15) is 9.59 Å². The number of para-hydroxylation sites is 1. The molecule has 124 valence electrons. The number of benzene rings is 1. The van der Waals surface area contributed by atoms with Gasteiger partial charge in [0.1, 0.15) is 16.2 Å². The van der Waals surface area contributed by atoms with Crippen molar-refractivity contribution in [3.05, 3.63) is 46.4 Å². The van der Waals surface area contributed by atoms with E-state index in [1.807, 2.05) is 37.3 Å². The molecule has 2 aliphatic rings. The Morgan fingerprint density at radius 1 is 1.46 bits per heavy atom. The topological polar surface area (TPSA) is 66.8 Å². The van der Waals surface area contributed by atoms with Crippen LogP contribution in [-0.2, 0) is 9.59 Å². The molecule has 0 aromatic heterocycles. The summed E-state index contributed by atoms with van der Waals surface area (Å²) in [7, 11) is 0. The number of nitrogens with zero attached hydrogens (tertiary/aromatic N) is 1.